The Hall–Kier alpha value is -2.35. The molecule has 1 heterocycles. The summed E-state index contributed by atoms with van der Waals surface area (Å²) in [6.07, 6.45) is 0. The predicted molar refractivity (Wildman–Crippen MR) is 65.5 cm³/mol. The van der Waals surface area contributed by atoms with Crippen LogP contribution >= 0.6 is 0 Å². The van der Waals surface area contributed by atoms with Crippen LogP contribution in [0.2, 0.25) is 0 Å². The highest BCUT2D eigenvalue weighted by atomic mass is 16.2. The zero-order chi connectivity index (χ0) is 13.1. The third kappa shape index (κ3) is 2.33. The van der Waals surface area contributed by atoms with Crippen LogP contribution in [0.3, 0.4) is 0 Å². The first-order valence-corrected chi connectivity index (χ1v) is 5.67. The van der Waals surface area contributed by atoms with E-state index in [2.05, 4.69) is 5.32 Å². The van der Waals surface area contributed by atoms with E-state index in [-0.39, 0.29) is 17.7 Å². The van der Waals surface area contributed by atoms with Crippen LogP contribution in [0.25, 0.3) is 0 Å². The smallest absolute Gasteiger partial charge is 0.231 e. The molecule has 1 aliphatic rings. The zero-order valence-electron chi connectivity index (χ0n) is 10.0. The van der Waals surface area contributed by atoms with Gasteiger partial charge in [-0.05, 0) is 12.1 Å². The molecule has 0 unspecified atom stereocenters. The summed E-state index contributed by atoms with van der Waals surface area (Å²) in [7, 11) is 0. The molecular weight excluding hydrogens is 230 g/mol. The SMILES string of the molecule is CC(=O)N1CC(C(=O)Nc2ccccc2C#N)C1. The number of likely N-dealkylation sites (tertiary alicyclic amines) is 1. The molecule has 0 saturated carbocycles. The zero-order valence-corrected chi connectivity index (χ0v) is 10.0. The van der Waals surface area contributed by atoms with E-state index in [4.69, 9.17) is 5.26 Å². The van der Waals surface area contributed by atoms with Crippen molar-refractivity contribution in [3.63, 3.8) is 0 Å². The van der Waals surface area contributed by atoms with Crippen molar-refractivity contribution in [2.24, 2.45) is 5.92 Å². The van der Waals surface area contributed by atoms with Crippen LogP contribution < -0.4 is 5.32 Å². The molecular formula is C13H13N3O2. The molecule has 5 heteroatoms. The maximum Gasteiger partial charge on any atom is 0.231 e. The number of anilines is 1. The van der Waals surface area contributed by atoms with E-state index < -0.39 is 0 Å². The van der Waals surface area contributed by atoms with Gasteiger partial charge >= 0.3 is 0 Å². The summed E-state index contributed by atoms with van der Waals surface area (Å²) in [6.45, 7) is 2.39. The summed E-state index contributed by atoms with van der Waals surface area (Å²) in [5.41, 5.74) is 0.958. The third-order valence-corrected chi connectivity index (χ3v) is 3.00. The Balaban J connectivity index is 1.97. The fourth-order valence-corrected chi connectivity index (χ4v) is 1.83. The van der Waals surface area contributed by atoms with Crippen LogP contribution in [-0.4, -0.2) is 29.8 Å². The molecule has 2 rings (SSSR count). The van der Waals surface area contributed by atoms with Gasteiger partial charge in [0.05, 0.1) is 17.2 Å². The summed E-state index contributed by atoms with van der Waals surface area (Å²) in [6, 6.07) is 8.88. The summed E-state index contributed by atoms with van der Waals surface area (Å²) in [5.74, 6) is -0.340. The van der Waals surface area contributed by atoms with Crippen molar-refractivity contribution in [2.45, 2.75) is 6.92 Å². The molecule has 0 spiro atoms. The first-order chi connectivity index (χ1) is 8.61. The average Bonchev–Trinajstić information content (AvgIpc) is 2.27. The van der Waals surface area contributed by atoms with Crippen molar-refractivity contribution < 1.29 is 9.59 Å². The van der Waals surface area contributed by atoms with Gasteiger partial charge in [-0.3, -0.25) is 9.59 Å². The van der Waals surface area contributed by atoms with Crippen LogP contribution in [0.5, 0.6) is 0 Å². The van der Waals surface area contributed by atoms with E-state index in [0.29, 0.717) is 24.3 Å². The summed E-state index contributed by atoms with van der Waals surface area (Å²) in [4.78, 5) is 24.5. The second-order valence-electron chi connectivity index (χ2n) is 4.27. The second-order valence-corrected chi connectivity index (χ2v) is 4.27. The van der Waals surface area contributed by atoms with Crippen LogP contribution in [-0.2, 0) is 9.59 Å². The molecule has 0 radical (unpaired) electrons. The first-order valence-electron chi connectivity index (χ1n) is 5.67. The molecule has 0 aliphatic carbocycles. The molecule has 0 atom stereocenters. The Kier molecular flexibility index (Phi) is 3.28. The molecule has 1 N–H and O–H groups in total. The standard InChI is InChI=1S/C13H13N3O2/c1-9(17)16-7-11(8-16)13(18)15-12-5-3-2-4-10(12)6-14/h2-5,11H,7-8H2,1H3,(H,15,18). The summed E-state index contributed by atoms with van der Waals surface area (Å²) in [5, 5.41) is 11.6. The van der Waals surface area contributed by atoms with Crippen LogP contribution in [0, 0.1) is 17.2 Å². The summed E-state index contributed by atoms with van der Waals surface area (Å²) >= 11 is 0. The van der Waals surface area contributed by atoms with E-state index in [0.717, 1.165) is 0 Å². The van der Waals surface area contributed by atoms with Crippen molar-refractivity contribution >= 4 is 17.5 Å². The van der Waals surface area contributed by atoms with Crippen LogP contribution in [0.4, 0.5) is 5.69 Å². The van der Waals surface area contributed by atoms with Gasteiger partial charge < -0.3 is 10.2 Å². The highest BCUT2D eigenvalue weighted by Gasteiger charge is 2.34. The van der Waals surface area contributed by atoms with Crippen molar-refractivity contribution in [2.75, 3.05) is 18.4 Å². The Labute approximate surface area is 105 Å². The number of carbonyl (C=O) groups is 2. The lowest BCUT2D eigenvalue weighted by molar-refractivity contribution is -0.139. The van der Waals surface area contributed by atoms with Gasteiger partial charge in [0.2, 0.25) is 11.8 Å². The van der Waals surface area contributed by atoms with Crippen molar-refractivity contribution in [1.82, 2.24) is 4.90 Å². The topological polar surface area (TPSA) is 73.2 Å². The first kappa shape index (κ1) is 12.1. The van der Waals surface area contributed by atoms with Crippen LogP contribution in [0.15, 0.2) is 24.3 Å². The van der Waals surface area contributed by atoms with Crippen molar-refractivity contribution in [3.8, 4) is 6.07 Å². The number of para-hydroxylation sites is 1. The molecule has 1 aromatic rings. The number of nitriles is 1. The molecule has 18 heavy (non-hydrogen) atoms. The maximum atomic E-state index is 11.9. The number of nitrogens with zero attached hydrogens (tertiary/aromatic N) is 2. The molecule has 1 fully saturated rings. The van der Waals surface area contributed by atoms with Crippen molar-refractivity contribution in [1.29, 1.82) is 5.26 Å². The maximum absolute atomic E-state index is 11.9. The van der Waals surface area contributed by atoms with Gasteiger partial charge in [-0.25, -0.2) is 0 Å². The van der Waals surface area contributed by atoms with Gasteiger partial charge in [-0.15, -0.1) is 0 Å². The Morgan fingerprint density at radius 3 is 2.67 bits per heavy atom. The third-order valence-electron chi connectivity index (χ3n) is 3.00. The molecule has 5 nitrogen and oxygen atoms in total. The monoisotopic (exact) mass is 243 g/mol. The number of hydrogen-bond donors (Lipinski definition) is 1. The van der Waals surface area contributed by atoms with E-state index in [1.807, 2.05) is 6.07 Å². The Morgan fingerprint density at radius 1 is 1.39 bits per heavy atom. The molecule has 2 amide bonds. The predicted octanol–water partition coefficient (Wildman–Crippen LogP) is 0.975. The van der Waals surface area contributed by atoms with E-state index in [1.54, 1.807) is 29.2 Å². The molecule has 1 aliphatic heterocycles. The minimum absolute atomic E-state index is 0.0172. The van der Waals surface area contributed by atoms with E-state index >= 15 is 0 Å². The molecule has 0 bridgehead atoms. The highest BCUT2D eigenvalue weighted by Crippen LogP contribution is 2.19. The number of carbonyl (C=O) groups excluding carboxylic acids is 2. The minimum atomic E-state index is -0.180. The second kappa shape index (κ2) is 4.88. The summed E-state index contributed by atoms with van der Waals surface area (Å²) < 4.78 is 0. The normalized spacial score (nSPS) is 14.6. The number of benzene rings is 1. The van der Waals surface area contributed by atoms with Gasteiger partial charge in [0.25, 0.3) is 0 Å². The number of hydrogen-bond acceptors (Lipinski definition) is 3. The van der Waals surface area contributed by atoms with Gasteiger partial charge in [0.1, 0.15) is 6.07 Å². The van der Waals surface area contributed by atoms with Crippen molar-refractivity contribution in [3.05, 3.63) is 29.8 Å². The number of rotatable bonds is 2. The van der Waals surface area contributed by atoms with Gasteiger partial charge in [0.15, 0.2) is 0 Å². The number of amides is 2. The highest BCUT2D eigenvalue weighted by molar-refractivity contribution is 5.95. The Morgan fingerprint density at radius 2 is 2.06 bits per heavy atom. The fourth-order valence-electron chi connectivity index (χ4n) is 1.83. The molecule has 0 aromatic heterocycles. The lowest BCUT2D eigenvalue weighted by Crippen LogP contribution is -2.53. The minimum Gasteiger partial charge on any atom is -0.341 e. The quantitative estimate of drug-likeness (QED) is 0.841. The van der Waals surface area contributed by atoms with Gasteiger partial charge in [-0.2, -0.15) is 5.26 Å². The average molecular weight is 243 g/mol. The lowest BCUT2D eigenvalue weighted by Gasteiger charge is -2.37. The van der Waals surface area contributed by atoms with E-state index in [9.17, 15) is 9.59 Å². The molecule has 92 valence electrons. The van der Waals surface area contributed by atoms with Gasteiger partial charge in [-0.1, -0.05) is 12.1 Å². The fraction of sp³-hybridized carbons (Fsp3) is 0.308. The molecule has 1 saturated heterocycles. The lowest BCUT2D eigenvalue weighted by atomic mass is 9.99. The largest absolute Gasteiger partial charge is 0.341 e. The van der Waals surface area contributed by atoms with Crippen LogP contribution in [0.1, 0.15) is 12.5 Å². The van der Waals surface area contributed by atoms with E-state index in [1.165, 1.54) is 6.92 Å². The number of nitrogens with one attached hydrogen (secondary N) is 1. The Bertz CT molecular complexity index is 527. The van der Waals surface area contributed by atoms with Gasteiger partial charge in [0, 0.05) is 20.0 Å². The molecule has 1 aromatic carbocycles.